The first-order valence-corrected chi connectivity index (χ1v) is 9.92. The molecule has 0 aliphatic rings. The van der Waals surface area contributed by atoms with E-state index in [0.29, 0.717) is 10.8 Å². The molecule has 3 aromatic carbocycles. The number of rotatable bonds is 6. The summed E-state index contributed by atoms with van der Waals surface area (Å²) in [5.41, 5.74) is 4.29. The van der Waals surface area contributed by atoms with Gasteiger partial charge in [-0.2, -0.15) is 5.10 Å². The van der Waals surface area contributed by atoms with Gasteiger partial charge in [0.25, 0.3) is 0 Å². The molecule has 0 radical (unpaired) electrons. The molecular weight excluding hydrogens is 380 g/mol. The summed E-state index contributed by atoms with van der Waals surface area (Å²) in [4.78, 5) is 13.3. The van der Waals surface area contributed by atoms with Gasteiger partial charge in [-0.05, 0) is 46.9 Å². The van der Waals surface area contributed by atoms with Crippen LogP contribution in [0.25, 0.3) is 10.8 Å². The van der Waals surface area contributed by atoms with Gasteiger partial charge >= 0.3 is 0 Å². The number of benzene rings is 3. The molecule has 1 amide bonds. The molecule has 0 bridgehead atoms. The lowest BCUT2D eigenvalue weighted by Crippen LogP contribution is -2.20. The topological polar surface area (TPSA) is 50.7 Å². The number of hydrogen-bond acceptors (Lipinski definition) is 4. The van der Waals surface area contributed by atoms with Crippen LogP contribution in [0.5, 0.6) is 5.75 Å². The molecule has 6 heteroatoms. The van der Waals surface area contributed by atoms with E-state index in [1.165, 1.54) is 0 Å². The van der Waals surface area contributed by atoms with E-state index >= 15 is 0 Å². The van der Waals surface area contributed by atoms with Crippen LogP contribution >= 0.6 is 23.4 Å². The van der Waals surface area contributed by atoms with Gasteiger partial charge in [0.15, 0.2) is 0 Å². The molecule has 3 rings (SSSR count). The Morgan fingerprint density at radius 3 is 2.81 bits per heavy atom. The summed E-state index contributed by atoms with van der Waals surface area (Å²) in [6.07, 6.45) is 3.79. The second-order valence-corrected chi connectivity index (χ2v) is 7.11. The number of ether oxygens (including phenoxy) is 1. The number of methoxy groups -OCH3 is 1. The largest absolute Gasteiger partial charge is 0.496 e. The first-order chi connectivity index (χ1) is 13.1. The van der Waals surface area contributed by atoms with Crippen molar-refractivity contribution in [2.45, 2.75) is 11.3 Å². The number of hydrogen-bond donors (Lipinski definition) is 1. The number of thioether (sulfide) groups is 1. The number of amides is 1. The van der Waals surface area contributed by atoms with Crippen molar-refractivity contribution in [2.24, 2.45) is 5.10 Å². The minimum absolute atomic E-state index is 0.206. The second kappa shape index (κ2) is 8.93. The highest BCUT2D eigenvalue weighted by Crippen LogP contribution is 2.26. The van der Waals surface area contributed by atoms with Gasteiger partial charge in [0.2, 0.25) is 5.91 Å². The SMILES string of the molecule is COc1ccc2ccccc2c1/C=N\NC(=O)Cc1cc(Cl)ccc1SC. The van der Waals surface area contributed by atoms with E-state index < -0.39 is 0 Å². The van der Waals surface area contributed by atoms with Crippen LogP contribution in [0.2, 0.25) is 5.02 Å². The number of fused-ring (bicyclic) bond motifs is 1. The second-order valence-electron chi connectivity index (χ2n) is 5.83. The molecule has 0 saturated carbocycles. The predicted octanol–water partition coefficient (Wildman–Crippen LogP) is 4.92. The van der Waals surface area contributed by atoms with Crippen molar-refractivity contribution >= 4 is 46.3 Å². The van der Waals surface area contributed by atoms with Crippen molar-refractivity contribution in [3.05, 3.63) is 70.7 Å². The van der Waals surface area contributed by atoms with Gasteiger partial charge in [-0.1, -0.05) is 41.9 Å². The number of halogens is 1. The monoisotopic (exact) mass is 398 g/mol. The van der Waals surface area contributed by atoms with Crippen molar-refractivity contribution < 1.29 is 9.53 Å². The maximum Gasteiger partial charge on any atom is 0.244 e. The minimum atomic E-state index is -0.206. The highest BCUT2D eigenvalue weighted by molar-refractivity contribution is 7.98. The lowest BCUT2D eigenvalue weighted by molar-refractivity contribution is -0.120. The third-order valence-corrected chi connectivity index (χ3v) is 5.20. The Morgan fingerprint density at radius 2 is 2.04 bits per heavy atom. The number of carbonyl (C=O) groups excluding carboxylic acids is 1. The Labute approximate surface area is 167 Å². The highest BCUT2D eigenvalue weighted by Gasteiger charge is 2.09. The van der Waals surface area contributed by atoms with Gasteiger partial charge in [-0.25, -0.2) is 5.43 Å². The number of nitrogens with one attached hydrogen (secondary N) is 1. The average Bonchev–Trinajstić information content (AvgIpc) is 2.68. The minimum Gasteiger partial charge on any atom is -0.496 e. The molecule has 0 aliphatic carbocycles. The molecule has 3 aromatic rings. The van der Waals surface area contributed by atoms with E-state index in [1.807, 2.05) is 60.9 Å². The van der Waals surface area contributed by atoms with E-state index in [2.05, 4.69) is 10.5 Å². The summed E-state index contributed by atoms with van der Waals surface area (Å²) in [5.74, 6) is 0.495. The summed E-state index contributed by atoms with van der Waals surface area (Å²) in [5, 5.41) is 6.83. The van der Waals surface area contributed by atoms with Crippen molar-refractivity contribution in [1.82, 2.24) is 5.43 Å². The van der Waals surface area contributed by atoms with E-state index in [4.69, 9.17) is 16.3 Å². The molecule has 4 nitrogen and oxygen atoms in total. The summed E-state index contributed by atoms with van der Waals surface area (Å²) in [6.45, 7) is 0. The Kier molecular flexibility index (Phi) is 6.37. The number of carbonyl (C=O) groups is 1. The van der Waals surface area contributed by atoms with Gasteiger partial charge in [0.1, 0.15) is 5.75 Å². The molecular formula is C21H19ClN2O2S. The lowest BCUT2D eigenvalue weighted by atomic mass is 10.0. The number of hydrazone groups is 1. The molecule has 0 fully saturated rings. The van der Waals surface area contributed by atoms with Crippen molar-refractivity contribution in [2.75, 3.05) is 13.4 Å². The Morgan fingerprint density at radius 1 is 1.22 bits per heavy atom. The molecule has 0 aliphatic heterocycles. The van der Waals surface area contributed by atoms with Crippen LogP contribution in [-0.4, -0.2) is 25.5 Å². The van der Waals surface area contributed by atoms with Crippen LogP contribution in [0.4, 0.5) is 0 Å². The molecule has 0 unspecified atom stereocenters. The van der Waals surface area contributed by atoms with E-state index in [-0.39, 0.29) is 12.3 Å². The van der Waals surface area contributed by atoms with Gasteiger partial charge in [0.05, 0.1) is 19.7 Å². The van der Waals surface area contributed by atoms with Crippen LogP contribution < -0.4 is 10.2 Å². The summed E-state index contributed by atoms with van der Waals surface area (Å²) in [6, 6.07) is 17.4. The quantitative estimate of drug-likeness (QED) is 0.364. The third kappa shape index (κ3) is 4.62. The van der Waals surface area contributed by atoms with E-state index in [0.717, 1.165) is 26.8 Å². The van der Waals surface area contributed by atoms with Crippen LogP contribution in [0.1, 0.15) is 11.1 Å². The molecule has 0 aromatic heterocycles. The molecule has 0 spiro atoms. The fraction of sp³-hybridized carbons (Fsp3) is 0.143. The van der Waals surface area contributed by atoms with E-state index in [1.54, 1.807) is 25.1 Å². The van der Waals surface area contributed by atoms with Gasteiger partial charge in [-0.3, -0.25) is 4.79 Å². The molecule has 0 atom stereocenters. The average molecular weight is 399 g/mol. The highest BCUT2D eigenvalue weighted by atomic mass is 35.5. The van der Waals surface area contributed by atoms with Gasteiger partial charge in [0, 0.05) is 15.5 Å². The normalized spacial score (nSPS) is 11.1. The van der Waals surface area contributed by atoms with E-state index in [9.17, 15) is 4.79 Å². The molecule has 1 N–H and O–H groups in total. The fourth-order valence-electron chi connectivity index (χ4n) is 2.85. The van der Waals surface area contributed by atoms with Crippen molar-refractivity contribution in [1.29, 1.82) is 0 Å². The first-order valence-electron chi connectivity index (χ1n) is 8.32. The smallest absolute Gasteiger partial charge is 0.244 e. The zero-order valence-electron chi connectivity index (χ0n) is 15.0. The Bertz CT molecular complexity index is 1000. The fourth-order valence-corrected chi connectivity index (χ4v) is 3.65. The van der Waals surface area contributed by atoms with Crippen LogP contribution in [0.15, 0.2) is 64.6 Å². The van der Waals surface area contributed by atoms with Crippen LogP contribution in [0, 0.1) is 0 Å². The molecule has 27 heavy (non-hydrogen) atoms. The third-order valence-electron chi connectivity index (χ3n) is 4.13. The standard InChI is InChI=1S/C21H19ClN2O2S/c1-26-19-9-7-14-5-3-4-6-17(14)18(19)13-23-24-21(25)12-15-11-16(22)8-10-20(15)27-2/h3-11,13H,12H2,1-2H3,(H,24,25)/b23-13-. The van der Waals surface area contributed by atoms with Gasteiger partial charge < -0.3 is 4.74 Å². The molecule has 0 saturated heterocycles. The summed E-state index contributed by atoms with van der Waals surface area (Å²) in [7, 11) is 1.61. The first kappa shape index (κ1) is 19.3. The lowest BCUT2D eigenvalue weighted by Gasteiger charge is -2.09. The van der Waals surface area contributed by atoms with Gasteiger partial charge in [-0.15, -0.1) is 11.8 Å². The maximum absolute atomic E-state index is 12.3. The summed E-state index contributed by atoms with van der Waals surface area (Å²) >= 11 is 7.63. The molecule has 138 valence electrons. The number of nitrogens with zero attached hydrogens (tertiary/aromatic N) is 1. The van der Waals surface area contributed by atoms with Crippen molar-refractivity contribution in [3.63, 3.8) is 0 Å². The Hall–Kier alpha value is -2.50. The maximum atomic E-state index is 12.3. The van der Waals surface area contributed by atoms with Crippen LogP contribution in [0.3, 0.4) is 0 Å². The summed E-state index contributed by atoms with van der Waals surface area (Å²) < 4.78 is 5.43. The van der Waals surface area contributed by atoms with Crippen LogP contribution in [-0.2, 0) is 11.2 Å². The zero-order chi connectivity index (χ0) is 19.2. The zero-order valence-corrected chi connectivity index (χ0v) is 16.6. The predicted molar refractivity (Wildman–Crippen MR) is 113 cm³/mol. The molecule has 0 heterocycles. The Balaban J connectivity index is 1.77. The van der Waals surface area contributed by atoms with Crippen molar-refractivity contribution in [3.8, 4) is 5.75 Å².